The van der Waals surface area contributed by atoms with Crippen molar-refractivity contribution in [2.75, 3.05) is 17.4 Å². The maximum Gasteiger partial charge on any atom is 0.264 e. The van der Waals surface area contributed by atoms with E-state index < -0.39 is 34.3 Å². The number of unbranched alkanes of at least 4 members (excludes halogenated alkanes) is 1. The molecule has 0 bridgehead atoms. The Morgan fingerprint density at radius 3 is 2.07 bits per heavy atom. The van der Waals surface area contributed by atoms with Crippen LogP contribution in [0.3, 0.4) is 0 Å². The van der Waals surface area contributed by atoms with Crippen LogP contribution in [-0.4, -0.2) is 44.3 Å². The Bertz CT molecular complexity index is 1630. The molecule has 4 aromatic carbocycles. The van der Waals surface area contributed by atoms with Gasteiger partial charge in [-0.3, -0.25) is 13.9 Å². The van der Waals surface area contributed by atoms with Crippen LogP contribution in [0.15, 0.2) is 114 Å². The molecular weight excluding hydrogens is 577 g/mol. The van der Waals surface area contributed by atoms with Crippen molar-refractivity contribution in [1.82, 2.24) is 10.2 Å². The van der Waals surface area contributed by atoms with E-state index in [-0.39, 0.29) is 29.5 Å². The van der Waals surface area contributed by atoms with Crippen molar-refractivity contribution in [2.45, 2.75) is 50.6 Å². The van der Waals surface area contributed by atoms with Crippen LogP contribution in [0.5, 0.6) is 0 Å². The molecule has 0 aliphatic rings. The lowest BCUT2D eigenvalue weighted by molar-refractivity contribution is -0.140. The number of carbonyl (C=O) groups excluding carboxylic acids is 2. The second kappa shape index (κ2) is 15.3. The summed E-state index contributed by atoms with van der Waals surface area (Å²) in [4.78, 5) is 29.4. The SMILES string of the molecule is CCCCNC(=O)[C@@H](Cc1ccccc1)N(Cc1ccc(C)cc1)C(=O)CN(c1ccccc1F)S(=O)(=O)c1ccccc1. The highest BCUT2D eigenvalue weighted by Crippen LogP contribution is 2.27. The highest BCUT2D eigenvalue weighted by Gasteiger charge is 2.35. The first-order valence-corrected chi connectivity index (χ1v) is 16.1. The van der Waals surface area contributed by atoms with Crippen LogP contribution in [-0.2, 0) is 32.6 Å². The standard InChI is InChI=1S/C35H38FN3O4S/c1-3-4-23-37-35(41)33(24-28-13-7-5-8-14-28)38(25-29-21-19-27(2)20-22-29)34(40)26-39(32-18-12-11-17-31(32)36)44(42,43)30-15-9-6-10-16-30/h5-22,33H,3-4,23-26H2,1-2H3,(H,37,41)/t33-/m1/s1. The van der Waals surface area contributed by atoms with E-state index in [4.69, 9.17) is 0 Å². The van der Waals surface area contributed by atoms with Crippen molar-refractivity contribution in [3.63, 3.8) is 0 Å². The fourth-order valence-electron chi connectivity index (χ4n) is 4.84. The van der Waals surface area contributed by atoms with Crippen molar-refractivity contribution in [3.8, 4) is 0 Å². The number of aryl methyl sites for hydroxylation is 1. The van der Waals surface area contributed by atoms with Crippen LogP contribution in [0.2, 0.25) is 0 Å². The summed E-state index contributed by atoms with van der Waals surface area (Å²) in [7, 11) is -4.36. The van der Waals surface area contributed by atoms with E-state index in [1.807, 2.05) is 68.4 Å². The summed E-state index contributed by atoms with van der Waals surface area (Å²) in [5.74, 6) is -1.77. The van der Waals surface area contributed by atoms with Gasteiger partial charge in [-0.25, -0.2) is 12.8 Å². The van der Waals surface area contributed by atoms with Crippen LogP contribution in [0.25, 0.3) is 0 Å². The zero-order valence-corrected chi connectivity index (χ0v) is 25.8. The smallest absolute Gasteiger partial charge is 0.264 e. The zero-order valence-electron chi connectivity index (χ0n) is 25.0. The molecule has 0 saturated carbocycles. The molecule has 0 spiro atoms. The maximum atomic E-state index is 15.2. The number of hydrogen-bond acceptors (Lipinski definition) is 4. The van der Waals surface area contributed by atoms with Gasteiger partial charge in [0.1, 0.15) is 18.4 Å². The van der Waals surface area contributed by atoms with Crippen LogP contribution in [0.4, 0.5) is 10.1 Å². The maximum absolute atomic E-state index is 15.2. The van der Waals surface area contributed by atoms with Crippen molar-refractivity contribution in [2.24, 2.45) is 0 Å². The van der Waals surface area contributed by atoms with Gasteiger partial charge in [0.2, 0.25) is 11.8 Å². The second-order valence-corrected chi connectivity index (χ2v) is 12.5. The van der Waals surface area contributed by atoms with E-state index in [1.165, 1.54) is 35.2 Å². The molecule has 0 aromatic heterocycles. The third-order valence-electron chi connectivity index (χ3n) is 7.31. The van der Waals surface area contributed by atoms with Crippen molar-refractivity contribution < 1.29 is 22.4 Å². The van der Waals surface area contributed by atoms with Crippen molar-refractivity contribution in [3.05, 3.63) is 132 Å². The lowest BCUT2D eigenvalue weighted by atomic mass is 10.0. The van der Waals surface area contributed by atoms with Gasteiger partial charge in [-0.1, -0.05) is 104 Å². The Balaban J connectivity index is 1.78. The first-order chi connectivity index (χ1) is 21.2. The number of para-hydroxylation sites is 1. The van der Waals surface area contributed by atoms with E-state index in [9.17, 15) is 18.0 Å². The third-order valence-corrected chi connectivity index (χ3v) is 9.08. The number of halogens is 1. The quantitative estimate of drug-likeness (QED) is 0.179. The predicted octanol–water partition coefficient (Wildman–Crippen LogP) is 5.89. The molecule has 230 valence electrons. The van der Waals surface area contributed by atoms with Crippen molar-refractivity contribution >= 4 is 27.5 Å². The van der Waals surface area contributed by atoms with Crippen molar-refractivity contribution in [1.29, 1.82) is 0 Å². The van der Waals surface area contributed by atoms with E-state index in [0.717, 1.165) is 39.9 Å². The Morgan fingerprint density at radius 1 is 0.818 bits per heavy atom. The first-order valence-electron chi connectivity index (χ1n) is 14.7. The number of rotatable bonds is 14. The largest absolute Gasteiger partial charge is 0.354 e. The zero-order chi connectivity index (χ0) is 31.5. The molecule has 1 N–H and O–H groups in total. The average molecular weight is 616 g/mol. The number of nitrogens with zero attached hydrogens (tertiary/aromatic N) is 2. The molecular formula is C35H38FN3O4S. The highest BCUT2D eigenvalue weighted by molar-refractivity contribution is 7.92. The van der Waals surface area contributed by atoms with Gasteiger partial charge in [0, 0.05) is 19.5 Å². The topological polar surface area (TPSA) is 86.8 Å². The molecule has 44 heavy (non-hydrogen) atoms. The Hall–Kier alpha value is -4.50. The molecule has 0 unspecified atom stereocenters. The number of sulfonamides is 1. The molecule has 2 amide bonds. The van der Waals surface area contributed by atoms with Gasteiger partial charge in [-0.15, -0.1) is 0 Å². The van der Waals surface area contributed by atoms with Gasteiger partial charge in [0.15, 0.2) is 0 Å². The summed E-state index contributed by atoms with van der Waals surface area (Å²) >= 11 is 0. The predicted molar refractivity (Wildman–Crippen MR) is 171 cm³/mol. The summed E-state index contributed by atoms with van der Waals surface area (Å²) in [6.45, 7) is 3.75. The number of benzene rings is 4. The Labute approximate surface area is 259 Å². The molecule has 4 aromatic rings. The lowest BCUT2D eigenvalue weighted by Gasteiger charge is -2.34. The molecule has 0 radical (unpaired) electrons. The van der Waals surface area contributed by atoms with Crippen LogP contribution < -0.4 is 9.62 Å². The van der Waals surface area contributed by atoms with E-state index in [2.05, 4.69) is 5.32 Å². The summed E-state index contributed by atoms with van der Waals surface area (Å²) in [5, 5.41) is 2.96. The minimum absolute atomic E-state index is 0.0499. The number of nitrogens with one attached hydrogen (secondary N) is 1. The molecule has 4 rings (SSSR count). The summed E-state index contributed by atoms with van der Waals surface area (Å²) < 4.78 is 43.8. The van der Waals surface area contributed by atoms with Gasteiger partial charge in [-0.05, 0) is 48.7 Å². The van der Waals surface area contributed by atoms with Crippen LogP contribution in [0.1, 0.15) is 36.5 Å². The lowest BCUT2D eigenvalue weighted by Crippen LogP contribution is -2.53. The van der Waals surface area contributed by atoms with Gasteiger partial charge in [0.25, 0.3) is 10.0 Å². The molecule has 0 fully saturated rings. The van der Waals surface area contributed by atoms with E-state index in [1.54, 1.807) is 18.2 Å². The first kappa shape index (κ1) is 32.4. The van der Waals surface area contributed by atoms with Gasteiger partial charge < -0.3 is 10.2 Å². The second-order valence-electron chi connectivity index (χ2n) is 10.6. The molecule has 0 aliphatic heterocycles. The molecule has 1 atom stereocenters. The number of amides is 2. The monoisotopic (exact) mass is 615 g/mol. The minimum atomic E-state index is -4.36. The van der Waals surface area contributed by atoms with E-state index in [0.29, 0.717) is 6.54 Å². The van der Waals surface area contributed by atoms with Gasteiger partial charge >= 0.3 is 0 Å². The highest BCUT2D eigenvalue weighted by atomic mass is 32.2. The summed E-state index contributed by atoms with van der Waals surface area (Å²) in [6.07, 6.45) is 1.86. The van der Waals surface area contributed by atoms with Gasteiger partial charge in [0.05, 0.1) is 10.6 Å². The molecule has 9 heteroatoms. The van der Waals surface area contributed by atoms with E-state index >= 15 is 4.39 Å². The fraction of sp³-hybridized carbons (Fsp3) is 0.257. The minimum Gasteiger partial charge on any atom is -0.354 e. The number of hydrogen-bond donors (Lipinski definition) is 1. The molecule has 7 nitrogen and oxygen atoms in total. The Morgan fingerprint density at radius 2 is 1.43 bits per heavy atom. The van der Waals surface area contributed by atoms with Crippen LogP contribution in [0, 0.1) is 12.7 Å². The van der Waals surface area contributed by atoms with Gasteiger partial charge in [-0.2, -0.15) is 0 Å². The van der Waals surface area contributed by atoms with Crippen LogP contribution >= 0.6 is 0 Å². The third kappa shape index (κ3) is 8.32. The molecule has 0 aliphatic carbocycles. The normalized spacial score (nSPS) is 11.9. The molecule has 0 saturated heterocycles. The number of anilines is 1. The molecule has 0 heterocycles. The fourth-order valence-corrected chi connectivity index (χ4v) is 6.28. The summed E-state index contributed by atoms with van der Waals surface area (Å²) in [6, 6.07) is 29.0. The summed E-state index contributed by atoms with van der Waals surface area (Å²) in [5.41, 5.74) is 2.39. The average Bonchev–Trinajstić information content (AvgIpc) is 3.03. The number of carbonyl (C=O) groups is 2. The Kier molecular flexibility index (Phi) is 11.3.